The molecule has 14 heavy (non-hydrogen) atoms. The Kier molecular flexibility index (Phi) is 2.43. The zero-order chi connectivity index (χ0) is 9.97. The van der Waals surface area contributed by atoms with E-state index in [9.17, 15) is 4.79 Å². The molecule has 0 aliphatic carbocycles. The maximum absolute atomic E-state index is 10.6. The number of hydrogen-bond acceptors (Lipinski definition) is 5. The lowest BCUT2D eigenvalue weighted by atomic mass is 9.99. The second kappa shape index (κ2) is 3.73. The van der Waals surface area contributed by atoms with E-state index in [1.807, 2.05) is 7.05 Å². The molecule has 76 valence electrons. The van der Waals surface area contributed by atoms with Gasteiger partial charge in [0.05, 0.1) is 0 Å². The first-order valence-electron chi connectivity index (χ1n) is 4.74. The Labute approximate surface area is 81.9 Å². The molecule has 0 unspecified atom stereocenters. The number of aldehydes is 1. The number of piperidine rings is 1. The number of aromatic nitrogens is 4. The van der Waals surface area contributed by atoms with Crippen molar-refractivity contribution in [3.63, 3.8) is 0 Å². The number of rotatable bonds is 2. The summed E-state index contributed by atoms with van der Waals surface area (Å²) < 4.78 is 1.65. The third-order valence-corrected chi connectivity index (χ3v) is 2.61. The van der Waals surface area contributed by atoms with Crippen molar-refractivity contribution in [1.82, 2.24) is 20.2 Å². The highest BCUT2D eigenvalue weighted by Crippen LogP contribution is 2.18. The minimum absolute atomic E-state index is 0.215. The van der Waals surface area contributed by atoms with Crippen LogP contribution < -0.4 is 4.90 Å². The molecule has 1 aromatic rings. The predicted molar refractivity (Wildman–Crippen MR) is 49.8 cm³/mol. The molecule has 0 radical (unpaired) electrons. The van der Waals surface area contributed by atoms with Crippen LogP contribution in [0.3, 0.4) is 0 Å². The molecule has 1 aromatic heterocycles. The van der Waals surface area contributed by atoms with E-state index < -0.39 is 0 Å². The van der Waals surface area contributed by atoms with Gasteiger partial charge >= 0.3 is 0 Å². The summed E-state index contributed by atoms with van der Waals surface area (Å²) in [5.41, 5.74) is 0. The topological polar surface area (TPSA) is 63.9 Å². The molecule has 2 heterocycles. The molecule has 0 spiro atoms. The fraction of sp³-hybridized carbons (Fsp3) is 0.750. The molecule has 1 aliphatic heterocycles. The van der Waals surface area contributed by atoms with Gasteiger partial charge in [0, 0.05) is 26.1 Å². The molecular weight excluding hydrogens is 182 g/mol. The van der Waals surface area contributed by atoms with Crippen molar-refractivity contribution in [1.29, 1.82) is 0 Å². The van der Waals surface area contributed by atoms with E-state index >= 15 is 0 Å². The Hall–Kier alpha value is -1.46. The van der Waals surface area contributed by atoms with E-state index in [1.54, 1.807) is 4.68 Å². The van der Waals surface area contributed by atoms with Gasteiger partial charge in [-0.1, -0.05) is 5.10 Å². The third kappa shape index (κ3) is 1.59. The Bertz CT molecular complexity index is 315. The molecule has 0 saturated carbocycles. The molecule has 6 heteroatoms. The Morgan fingerprint density at radius 3 is 2.64 bits per heavy atom. The number of hydrogen-bond donors (Lipinski definition) is 0. The summed E-state index contributed by atoms with van der Waals surface area (Å²) in [6, 6.07) is 0. The van der Waals surface area contributed by atoms with Crippen molar-refractivity contribution >= 4 is 12.2 Å². The van der Waals surface area contributed by atoms with Gasteiger partial charge in [-0.2, -0.15) is 0 Å². The zero-order valence-electron chi connectivity index (χ0n) is 8.13. The smallest absolute Gasteiger partial charge is 0.245 e. The van der Waals surface area contributed by atoms with Crippen molar-refractivity contribution in [3.05, 3.63) is 0 Å². The third-order valence-electron chi connectivity index (χ3n) is 2.61. The lowest BCUT2D eigenvalue weighted by Crippen LogP contribution is -2.35. The number of carbonyl (C=O) groups is 1. The highest BCUT2D eigenvalue weighted by Gasteiger charge is 2.21. The van der Waals surface area contributed by atoms with Gasteiger partial charge in [0.2, 0.25) is 5.95 Å². The monoisotopic (exact) mass is 195 g/mol. The molecule has 0 aromatic carbocycles. The van der Waals surface area contributed by atoms with E-state index in [4.69, 9.17) is 0 Å². The SMILES string of the molecule is Cn1nnnc1N1CCC(C=O)CC1. The minimum atomic E-state index is 0.215. The maximum atomic E-state index is 10.6. The number of anilines is 1. The van der Waals surface area contributed by atoms with Gasteiger partial charge in [-0.3, -0.25) is 0 Å². The number of nitrogens with zero attached hydrogens (tertiary/aromatic N) is 5. The van der Waals surface area contributed by atoms with Crippen LogP contribution in [-0.2, 0) is 11.8 Å². The molecule has 0 amide bonds. The fourth-order valence-corrected chi connectivity index (χ4v) is 1.73. The highest BCUT2D eigenvalue weighted by atomic mass is 16.1. The largest absolute Gasteiger partial charge is 0.340 e. The second-order valence-corrected chi connectivity index (χ2v) is 3.56. The van der Waals surface area contributed by atoms with Gasteiger partial charge in [0.25, 0.3) is 0 Å². The molecule has 0 N–H and O–H groups in total. The van der Waals surface area contributed by atoms with Gasteiger partial charge in [-0.05, 0) is 23.3 Å². The first-order chi connectivity index (χ1) is 6.81. The van der Waals surface area contributed by atoms with Crippen LogP contribution in [0.5, 0.6) is 0 Å². The molecule has 1 saturated heterocycles. The van der Waals surface area contributed by atoms with Crippen LogP contribution in [0.15, 0.2) is 0 Å². The van der Waals surface area contributed by atoms with Gasteiger partial charge in [0.15, 0.2) is 0 Å². The summed E-state index contributed by atoms with van der Waals surface area (Å²) in [4.78, 5) is 12.7. The Morgan fingerprint density at radius 1 is 1.43 bits per heavy atom. The van der Waals surface area contributed by atoms with Gasteiger partial charge < -0.3 is 9.69 Å². The standard InChI is InChI=1S/C8H13N5O/c1-12-8(9-10-11-12)13-4-2-7(6-14)3-5-13/h6-7H,2-5H2,1H3. The minimum Gasteiger partial charge on any atom is -0.340 e. The first kappa shape index (κ1) is 9.11. The van der Waals surface area contributed by atoms with Crippen molar-refractivity contribution < 1.29 is 4.79 Å². The van der Waals surface area contributed by atoms with Crippen LogP contribution >= 0.6 is 0 Å². The van der Waals surface area contributed by atoms with Crippen molar-refractivity contribution in [2.75, 3.05) is 18.0 Å². The number of carbonyl (C=O) groups excluding carboxylic acids is 1. The van der Waals surface area contributed by atoms with Crippen LogP contribution in [0.2, 0.25) is 0 Å². The first-order valence-corrected chi connectivity index (χ1v) is 4.74. The lowest BCUT2D eigenvalue weighted by molar-refractivity contribution is -0.111. The van der Waals surface area contributed by atoms with E-state index in [0.29, 0.717) is 0 Å². The van der Waals surface area contributed by atoms with Crippen LogP contribution in [0.4, 0.5) is 5.95 Å². The summed E-state index contributed by atoms with van der Waals surface area (Å²) in [6.45, 7) is 1.72. The van der Waals surface area contributed by atoms with E-state index in [2.05, 4.69) is 20.4 Å². The molecular formula is C8H13N5O. The molecule has 6 nitrogen and oxygen atoms in total. The maximum Gasteiger partial charge on any atom is 0.245 e. The van der Waals surface area contributed by atoms with Crippen LogP contribution in [0.1, 0.15) is 12.8 Å². The summed E-state index contributed by atoms with van der Waals surface area (Å²) >= 11 is 0. The van der Waals surface area contributed by atoms with Gasteiger partial charge in [0.1, 0.15) is 6.29 Å². The summed E-state index contributed by atoms with van der Waals surface area (Å²) in [5, 5.41) is 11.3. The van der Waals surface area contributed by atoms with Crippen molar-refractivity contribution in [2.24, 2.45) is 13.0 Å². The Balaban J connectivity index is 2.02. The molecule has 0 atom stereocenters. The number of tetrazole rings is 1. The summed E-state index contributed by atoms with van der Waals surface area (Å²) in [7, 11) is 1.82. The molecule has 1 fully saturated rings. The van der Waals surface area contributed by atoms with Crippen molar-refractivity contribution in [2.45, 2.75) is 12.8 Å². The van der Waals surface area contributed by atoms with Crippen LogP contribution in [0.25, 0.3) is 0 Å². The predicted octanol–water partition coefficient (Wildman–Crippen LogP) is -0.375. The Morgan fingerprint density at radius 2 is 2.14 bits per heavy atom. The molecule has 0 bridgehead atoms. The number of aryl methyl sites for hydroxylation is 1. The highest BCUT2D eigenvalue weighted by molar-refractivity contribution is 5.54. The lowest BCUT2D eigenvalue weighted by Gasteiger charge is -2.29. The van der Waals surface area contributed by atoms with Gasteiger partial charge in [-0.25, -0.2) is 4.68 Å². The molecule has 2 rings (SSSR count). The van der Waals surface area contributed by atoms with Crippen LogP contribution in [-0.4, -0.2) is 39.6 Å². The van der Waals surface area contributed by atoms with E-state index in [1.165, 1.54) is 0 Å². The summed E-state index contributed by atoms with van der Waals surface area (Å²) in [6.07, 6.45) is 2.85. The fourth-order valence-electron chi connectivity index (χ4n) is 1.73. The van der Waals surface area contributed by atoms with E-state index in [0.717, 1.165) is 38.2 Å². The average molecular weight is 195 g/mol. The molecule has 1 aliphatic rings. The van der Waals surface area contributed by atoms with Gasteiger partial charge in [-0.15, -0.1) is 0 Å². The zero-order valence-corrected chi connectivity index (χ0v) is 8.13. The average Bonchev–Trinajstić information content (AvgIpc) is 2.65. The van der Waals surface area contributed by atoms with Crippen LogP contribution in [0, 0.1) is 5.92 Å². The summed E-state index contributed by atoms with van der Waals surface area (Å²) in [5.74, 6) is 1.00. The van der Waals surface area contributed by atoms with Crippen molar-refractivity contribution in [3.8, 4) is 0 Å². The quantitative estimate of drug-likeness (QED) is 0.602. The van der Waals surface area contributed by atoms with E-state index in [-0.39, 0.29) is 5.92 Å². The second-order valence-electron chi connectivity index (χ2n) is 3.56. The normalized spacial score (nSPS) is 18.5.